The number of halogens is 2. The van der Waals surface area contributed by atoms with Gasteiger partial charge in [-0.25, -0.2) is 0 Å². The molecule has 2 nitrogen and oxygen atoms in total. The van der Waals surface area contributed by atoms with Gasteiger partial charge in [0, 0.05) is 12.1 Å². The van der Waals surface area contributed by atoms with Crippen molar-refractivity contribution in [2.45, 2.75) is 122 Å². The van der Waals surface area contributed by atoms with E-state index in [0.717, 1.165) is 0 Å². The lowest BCUT2D eigenvalue weighted by Gasteiger charge is -2.13. The normalized spacial score (nSPS) is 13.0. The molecule has 0 heterocycles. The van der Waals surface area contributed by atoms with Gasteiger partial charge in [0.2, 0.25) is 0 Å². The number of rotatable bonds is 16. The van der Waals surface area contributed by atoms with Crippen molar-refractivity contribution in [1.29, 1.82) is 0 Å². The zero-order chi connectivity index (χ0) is 15.8. The lowest BCUT2D eigenvalue weighted by Crippen LogP contribution is -2.20. The van der Waals surface area contributed by atoms with Crippen LogP contribution in [0.2, 0.25) is 0 Å². The van der Waals surface area contributed by atoms with Gasteiger partial charge < -0.3 is 11.5 Å². The molecule has 0 rings (SSSR count). The Morgan fingerprint density at radius 1 is 0.478 bits per heavy atom. The molecule has 2 unspecified atom stereocenters. The van der Waals surface area contributed by atoms with Crippen LogP contribution in [0, 0.1) is 0 Å². The first-order chi connectivity index (χ1) is 10.2. The van der Waals surface area contributed by atoms with Crippen molar-refractivity contribution in [2.75, 3.05) is 0 Å². The van der Waals surface area contributed by atoms with Crippen LogP contribution in [-0.2, 0) is 0 Å². The fourth-order valence-electron chi connectivity index (χ4n) is 2.95. The molecule has 0 amide bonds. The molecule has 4 N–H and O–H groups in total. The van der Waals surface area contributed by atoms with E-state index >= 15 is 0 Å². The Kier molecular flexibility index (Phi) is 27.7. The monoisotopic (exact) mass is 370 g/mol. The second kappa shape index (κ2) is 22.5. The summed E-state index contributed by atoms with van der Waals surface area (Å²) in [7, 11) is 0. The second-order valence-electron chi connectivity index (χ2n) is 6.86. The van der Waals surface area contributed by atoms with E-state index in [-0.39, 0.29) is 24.8 Å². The Balaban J connectivity index is -0.00000200. The third-order valence-electron chi connectivity index (χ3n) is 4.51. The molecule has 0 aromatic carbocycles. The van der Waals surface area contributed by atoms with Crippen molar-refractivity contribution in [3.8, 4) is 0 Å². The SMILES string of the molecule is CCCCCCC(N)CCCCCC(N)CCCCCC.Cl.Cl. The Morgan fingerprint density at radius 3 is 1.00 bits per heavy atom. The van der Waals surface area contributed by atoms with Crippen LogP contribution in [-0.4, -0.2) is 12.1 Å². The number of hydrogen-bond donors (Lipinski definition) is 2. The topological polar surface area (TPSA) is 52.0 Å². The fraction of sp³-hybridized carbons (Fsp3) is 1.00. The van der Waals surface area contributed by atoms with Gasteiger partial charge in [-0.3, -0.25) is 0 Å². The largest absolute Gasteiger partial charge is 0.328 e. The maximum Gasteiger partial charge on any atom is 0.00388 e. The zero-order valence-corrected chi connectivity index (χ0v) is 17.4. The minimum absolute atomic E-state index is 0. The summed E-state index contributed by atoms with van der Waals surface area (Å²) >= 11 is 0. The number of nitrogens with two attached hydrogens (primary N) is 2. The molecule has 0 aromatic heterocycles. The summed E-state index contributed by atoms with van der Waals surface area (Å²) < 4.78 is 0. The first-order valence-corrected chi connectivity index (χ1v) is 9.71. The summed E-state index contributed by atoms with van der Waals surface area (Å²) in [5.74, 6) is 0. The molecule has 4 heteroatoms. The molecular formula is C19H44Cl2N2. The Bertz CT molecular complexity index is 184. The molecule has 0 aliphatic carbocycles. The third kappa shape index (κ3) is 22.5. The van der Waals surface area contributed by atoms with Crippen LogP contribution in [0.15, 0.2) is 0 Å². The summed E-state index contributed by atoms with van der Waals surface area (Å²) in [5.41, 5.74) is 12.3. The highest BCUT2D eigenvalue weighted by Gasteiger charge is 2.04. The van der Waals surface area contributed by atoms with Gasteiger partial charge in [0.1, 0.15) is 0 Å². The van der Waals surface area contributed by atoms with E-state index in [4.69, 9.17) is 11.5 Å². The van der Waals surface area contributed by atoms with Gasteiger partial charge in [-0.15, -0.1) is 24.8 Å². The summed E-state index contributed by atoms with van der Waals surface area (Å²) in [6, 6.07) is 0.870. The summed E-state index contributed by atoms with van der Waals surface area (Å²) in [4.78, 5) is 0. The van der Waals surface area contributed by atoms with Crippen LogP contribution < -0.4 is 11.5 Å². The van der Waals surface area contributed by atoms with E-state index < -0.39 is 0 Å². The van der Waals surface area contributed by atoms with Crippen LogP contribution in [0.25, 0.3) is 0 Å². The summed E-state index contributed by atoms with van der Waals surface area (Å²) in [6.45, 7) is 4.52. The first kappa shape index (κ1) is 28.3. The third-order valence-corrected chi connectivity index (χ3v) is 4.51. The van der Waals surface area contributed by atoms with Gasteiger partial charge in [-0.05, 0) is 25.7 Å². The maximum atomic E-state index is 6.17. The van der Waals surface area contributed by atoms with Gasteiger partial charge in [0.05, 0.1) is 0 Å². The molecule has 0 saturated carbocycles. The summed E-state index contributed by atoms with van der Waals surface area (Å²) in [6.07, 6.45) is 19.4. The van der Waals surface area contributed by atoms with E-state index in [1.165, 1.54) is 96.3 Å². The minimum Gasteiger partial charge on any atom is -0.328 e. The molecule has 0 radical (unpaired) electrons. The smallest absolute Gasteiger partial charge is 0.00388 e. The second-order valence-corrected chi connectivity index (χ2v) is 6.86. The molecule has 23 heavy (non-hydrogen) atoms. The molecule has 0 aliphatic heterocycles. The highest BCUT2D eigenvalue weighted by atomic mass is 35.5. The van der Waals surface area contributed by atoms with E-state index in [0.29, 0.717) is 12.1 Å². The molecule has 0 fully saturated rings. The average molecular weight is 371 g/mol. The number of hydrogen-bond acceptors (Lipinski definition) is 2. The van der Waals surface area contributed by atoms with Gasteiger partial charge in [-0.2, -0.15) is 0 Å². The van der Waals surface area contributed by atoms with Crippen molar-refractivity contribution in [3.63, 3.8) is 0 Å². The Hall–Kier alpha value is 0.500. The van der Waals surface area contributed by atoms with E-state index in [1.54, 1.807) is 0 Å². The molecule has 0 aliphatic rings. The van der Waals surface area contributed by atoms with Crippen LogP contribution in [0.1, 0.15) is 110 Å². The predicted octanol–water partition coefficient (Wildman–Crippen LogP) is 6.38. The Labute approximate surface area is 158 Å². The van der Waals surface area contributed by atoms with Crippen LogP contribution in [0.3, 0.4) is 0 Å². The average Bonchev–Trinajstić information content (AvgIpc) is 2.48. The van der Waals surface area contributed by atoms with E-state index in [2.05, 4.69) is 13.8 Å². The molecule has 2 atom stereocenters. The lowest BCUT2D eigenvalue weighted by molar-refractivity contribution is 0.466. The van der Waals surface area contributed by atoms with Crippen molar-refractivity contribution < 1.29 is 0 Å². The van der Waals surface area contributed by atoms with Crippen LogP contribution in [0.4, 0.5) is 0 Å². The van der Waals surface area contributed by atoms with Gasteiger partial charge >= 0.3 is 0 Å². The highest BCUT2D eigenvalue weighted by Crippen LogP contribution is 2.13. The van der Waals surface area contributed by atoms with Gasteiger partial charge in [0.25, 0.3) is 0 Å². The standard InChI is InChI=1S/C19H42N2.2ClH/c1-3-5-7-10-14-18(20)16-12-9-13-17-19(21)15-11-8-6-4-2;;/h18-19H,3-17,20-21H2,1-2H3;2*1H. The van der Waals surface area contributed by atoms with E-state index in [1.807, 2.05) is 0 Å². The van der Waals surface area contributed by atoms with Crippen LogP contribution in [0.5, 0.6) is 0 Å². The van der Waals surface area contributed by atoms with E-state index in [9.17, 15) is 0 Å². The molecule has 0 bridgehead atoms. The fourth-order valence-corrected chi connectivity index (χ4v) is 2.95. The molecule has 0 aromatic rings. The first-order valence-electron chi connectivity index (χ1n) is 9.71. The van der Waals surface area contributed by atoms with Gasteiger partial charge in [-0.1, -0.05) is 84.5 Å². The minimum atomic E-state index is 0. The zero-order valence-electron chi connectivity index (χ0n) is 15.7. The van der Waals surface area contributed by atoms with Crippen molar-refractivity contribution in [1.82, 2.24) is 0 Å². The van der Waals surface area contributed by atoms with Gasteiger partial charge in [0.15, 0.2) is 0 Å². The summed E-state index contributed by atoms with van der Waals surface area (Å²) in [5, 5.41) is 0. The quantitative estimate of drug-likeness (QED) is 0.309. The Morgan fingerprint density at radius 2 is 0.739 bits per heavy atom. The molecule has 144 valence electrons. The van der Waals surface area contributed by atoms with Crippen LogP contribution >= 0.6 is 24.8 Å². The molecule has 0 saturated heterocycles. The molecular weight excluding hydrogens is 327 g/mol. The predicted molar refractivity (Wildman–Crippen MR) is 111 cm³/mol. The number of unbranched alkanes of at least 4 members (excludes halogenated alkanes) is 8. The van der Waals surface area contributed by atoms with Crippen molar-refractivity contribution in [3.05, 3.63) is 0 Å². The lowest BCUT2D eigenvalue weighted by atomic mass is 9.99. The van der Waals surface area contributed by atoms with Crippen molar-refractivity contribution in [2.24, 2.45) is 11.5 Å². The maximum absolute atomic E-state index is 6.17. The molecule has 0 spiro atoms. The highest BCUT2D eigenvalue weighted by molar-refractivity contribution is 5.85. The van der Waals surface area contributed by atoms with Crippen molar-refractivity contribution >= 4 is 24.8 Å².